The molecule has 32 heavy (non-hydrogen) atoms. The molecule has 3 atom stereocenters. The Labute approximate surface area is 200 Å². The van der Waals surface area contributed by atoms with E-state index in [-0.39, 0.29) is 23.6 Å². The molecule has 0 saturated carbocycles. The lowest BCUT2D eigenvalue weighted by Gasteiger charge is -2.37. The van der Waals surface area contributed by atoms with Crippen molar-refractivity contribution in [3.8, 4) is 11.5 Å². The number of ether oxygens (including phenoxy) is 2. The molecule has 3 aromatic rings. The van der Waals surface area contributed by atoms with E-state index in [0.29, 0.717) is 26.7 Å². The van der Waals surface area contributed by atoms with Crippen LogP contribution in [0.2, 0.25) is 0 Å². The van der Waals surface area contributed by atoms with Gasteiger partial charge in [0, 0.05) is 29.5 Å². The minimum atomic E-state index is -0.316. The average molecular weight is 552 g/mol. The van der Waals surface area contributed by atoms with Crippen molar-refractivity contribution in [1.29, 1.82) is 0 Å². The molecule has 0 spiro atoms. The number of methoxy groups -OCH3 is 1. The van der Waals surface area contributed by atoms with Crippen LogP contribution in [0.25, 0.3) is 11.0 Å². The number of nitrogens with zero attached hydrogens (tertiary/aromatic N) is 2. The summed E-state index contributed by atoms with van der Waals surface area (Å²) in [6.07, 6.45) is 1.82. The summed E-state index contributed by atoms with van der Waals surface area (Å²) in [6, 6.07) is 9.86. The van der Waals surface area contributed by atoms with Crippen LogP contribution >= 0.6 is 22.6 Å². The fraction of sp³-hybridized carbons (Fsp3) is 0.417. The zero-order valence-corrected chi connectivity index (χ0v) is 20.5. The van der Waals surface area contributed by atoms with Gasteiger partial charge in [-0.2, -0.15) is 0 Å². The Morgan fingerprint density at radius 3 is 2.84 bits per heavy atom. The number of halogens is 2. The molecule has 2 heterocycles. The molecule has 1 aliphatic heterocycles. The first-order valence-electron chi connectivity index (χ1n) is 10.6. The number of carbonyl (C=O) groups is 1. The predicted molar refractivity (Wildman–Crippen MR) is 128 cm³/mol. The molecular weight excluding hydrogens is 526 g/mol. The highest BCUT2D eigenvalue weighted by Gasteiger charge is 2.31. The third kappa shape index (κ3) is 4.91. The molecule has 1 fully saturated rings. The monoisotopic (exact) mass is 552 g/mol. The summed E-state index contributed by atoms with van der Waals surface area (Å²) < 4.78 is 30.7. The fourth-order valence-corrected chi connectivity index (χ4v) is 5.33. The van der Waals surface area contributed by atoms with Crippen molar-refractivity contribution in [2.75, 3.05) is 20.2 Å². The quantitative estimate of drug-likeness (QED) is 0.165. The largest absolute Gasteiger partial charge is 0.493 e. The number of piperidine rings is 1. The second-order valence-electron chi connectivity index (χ2n) is 8.21. The summed E-state index contributed by atoms with van der Waals surface area (Å²) in [5.41, 5.74) is 2.01. The van der Waals surface area contributed by atoms with E-state index in [1.807, 2.05) is 6.92 Å². The van der Waals surface area contributed by atoms with Gasteiger partial charge in [-0.25, -0.2) is 4.39 Å². The van der Waals surface area contributed by atoms with Gasteiger partial charge in [0.05, 0.1) is 16.9 Å². The van der Waals surface area contributed by atoms with Crippen molar-refractivity contribution in [2.24, 2.45) is 0 Å². The maximum atomic E-state index is 13.5. The standard InChI is InChI=1S/C24H26FIN2O4/c1-14(31-20-7-4-16(15(2)29)10-22(20)30-3)13-28-9-8-17(11-23(28)26)24-19-6-5-18(25)12-21(19)32-27-24/h4-7,10,12,14,17,23H,8-9,11,13H2,1-3H3. The Morgan fingerprint density at radius 1 is 1.31 bits per heavy atom. The van der Waals surface area contributed by atoms with Crippen LogP contribution < -0.4 is 9.47 Å². The van der Waals surface area contributed by atoms with Gasteiger partial charge in [0.25, 0.3) is 0 Å². The van der Waals surface area contributed by atoms with Gasteiger partial charge in [0.15, 0.2) is 22.9 Å². The lowest BCUT2D eigenvalue weighted by Crippen LogP contribution is -2.43. The molecule has 0 N–H and O–H groups in total. The Kier molecular flexibility index (Phi) is 6.99. The van der Waals surface area contributed by atoms with Gasteiger partial charge < -0.3 is 14.0 Å². The highest BCUT2D eigenvalue weighted by atomic mass is 127. The van der Waals surface area contributed by atoms with Gasteiger partial charge >= 0.3 is 0 Å². The van der Waals surface area contributed by atoms with E-state index in [0.717, 1.165) is 37.0 Å². The number of aromatic nitrogens is 1. The molecule has 0 amide bonds. The van der Waals surface area contributed by atoms with Gasteiger partial charge in [-0.3, -0.25) is 9.69 Å². The Hall–Kier alpha value is -2.20. The molecule has 170 valence electrons. The van der Waals surface area contributed by atoms with Crippen molar-refractivity contribution in [2.45, 2.75) is 42.8 Å². The van der Waals surface area contributed by atoms with Crippen LogP contribution in [0, 0.1) is 5.82 Å². The van der Waals surface area contributed by atoms with E-state index in [1.165, 1.54) is 19.1 Å². The highest BCUT2D eigenvalue weighted by molar-refractivity contribution is 14.1. The molecule has 8 heteroatoms. The van der Waals surface area contributed by atoms with E-state index in [4.69, 9.17) is 14.0 Å². The SMILES string of the molecule is COc1cc(C(C)=O)ccc1OC(C)CN1CCC(c2noc3cc(F)ccc23)CC1I. The van der Waals surface area contributed by atoms with Crippen LogP contribution in [0.5, 0.6) is 11.5 Å². The molecule has 1 aliphatic rings. The molecule has 0 bridgehead atoms. The number of benzene rings is 2. The molecule has 1 aromatic heterocycles. The number of hydrogen-bond donors (Lipinski definition) is 0. The van der Waals surface area contributed by atoms with E-state index in [9.17, 15) is 9.18 Å². The van der Waals surface area contributed by atoms with Crippen LogP contribution in [-0.2, 0) is 0 Å². The number of ketones is 1. The van der Waals surface area contributed by atoms with Crippen LogP contribution in [-0.4, -0.2) is 46.2 Å². The number of fused-ring (bicyclic) bond motifs is 1. The lowest BCUT2D eigenvalue weighted by molar-refractivity contribution is 0.101. The molecular formula is C24H26FIN2O4. The van der Waals surface area contributed by atoms with Crippen LogP contribution in [0.1, 0.15) is 48.7 Å². The molecule has 6 nitrogen and oxygen atoms in total. The molecule has 4 rings (SSSR count). The molecule has 0 aliphatic carbocycles. The van der Waals surface area contributed by atoms with Crippen LogP contribution in [0.3, 0.4) is 0 Å². The van der Waals surface area contributed by atoms with Crippen LogP contribution in [0.15, 0.2) is 40.9 Å². The normalized spacial score (nSPS) is 20.3. The molecule has 2 aromatic carbocycles. The minimum Gasteiger partial charge on any atom is -0.493 e. The fourth-order valence-electron chi connectivity index (χ4n) is 4.21. The van der Waals surface area contributed by atoms with E-state index in [2.05, 4.69) is 32.6 Å². The average Bonchev–Trinajstić information content (AvgIpc) is 3.18. The Balaban J connectivity index is 1.38. The second kappa shape index (κ2) is 9.74. The third-order valence-electron chi connectivity index (χ3n) is 5.88. The van der Waals surface area contributed by atoms with Crippen molar-refractivity contribution >= 4 is 39.3 Å². The van der Waals surface area contributed by atoms with Crippen molar-refractivity contribution < 1.29 is 23.2 Å². The van der Waals surface area contributed by atoms with Gasteiger partial charge in [-0.15, -0.1) is 0 Å². The first-order chi connectivity index (χ1) is 15.4. The summed E-state index contributed by atoms with van der Waals surface area (Å²) in [6.45, 7) is 5.24. The van der Waals surface area contributed by atoms with E-state index >= 15 is 0 Å². The van der Waals surface area contributed by atoms with Gasteiger partial charge in [0.1, 0.15) is 11.9 Å². The molecule has 3 unspecified atom stereocenters. The van der Waals surface area contributed by atoms with Gasteiger partial charge in [0.2, 0.25) is 0 Å². The van der Waals surface area contributed by atoms with Gasteiger partial charge in [-0.05, 0) is 63.6 Å². The van der Waals surface area contributed by atoms with Gasteiger partial charge in [-0.1, -0.05) is 27.7 Å². The molecule has 1 saturated heterocycles. The number of Topliss-reactive ketones (excluding diaryl/α,β-unsaturated/α-hetero) is 1. The first kappa shape index (κ1) is 23.0. The minimum absolute atomic E-state index is 0.0106. The Morgan fingerprint density at radius 2 is 2.12 bits per heavy atom. The van der Waals surface area contributed by atoms with Crippen LogP contribution in [0.4, 0.5) is 4.39 Å². The summed E-state index contributed by atoms with van der Waals surface area (Å²) >= 11 is 2.47. The summed E-state index contributed by atoms with van der Waals surface area (Å²) in [5.74, 6) is 1.14. The van der Waals surface area contributed by atoms with Crippen molar-refractivity contribution in [3.05, 3.63) is 53.5 Å². The van der Waals surface area contributed by atoms with Crippen molar-refractivity contribution in [3.63, 3.8) is 0 Å². The number of hydrogen-bond acceptors (Lipinski definition) is 6. The lowest BCUT2D eigenvalue weighted by atomic mass is 9.91. The third-order valence-corrected chi connectivity index (χ3v) is 7.17. The topological polar surface area (TPSA) is 64.8 Å². The number of rotatable bonds is 7. The highest BCUT2D eigenvalue weighted by Crippen LogP contribution is 2.37. The predicted octanol–water partition coefficient (Wildman–Crippen LogP) is 5.59. The number of alkyl halides is 1. The summed E-state index contributed by atoms with van der Waals surface area (Å²) in [5, 5.41) is 5.14. The Bertz CT molecular complexity index is 1120. The summed E-state index contributed by atoms with van der Waals surface area (Å²) in [4.78, 5) is 14.0. The summed E-state index contributed by atoms with van der Waals surface area (Å²) in [7, 11) is 1.57. The second-order valence-corrected chi connectivity index (χ2v) is 9.65. The van der Waals surface area contributed by atoms with E-state index < -0.39 is 0 Å². The number of carbonyl (C=O) groups excluding carboxylic acids is 1. The maximum absolute atomic E-state index is 13.5. The smallest absolute Gasteiger partial charge is 0.170 e. The van der Waals surface area contributed by atoms with Crippen molar-refractivity contribution in [1.82, 2.24) is 10.1 Å². The molecule has 0 radical (unpaired) electrons. The maximum Gasteiger partial charge on any atom is 0.170 e. The zero-order chi connectivity index (χ0) is 22.8. The van der Waals surface area contributed by atoms with E-state index in [1.54, 1.807) is 31.4 Å². The number of likely N-dealkylation sites (tertiary alicyclic amines) is 1. The first-order valence-corrected chi connectivity index (χ1v) is 11.9. The zero-order valence-electron chi connectivity index (χ0n) is 18.3.